The number of hydrogen-bond donors (Lipinski definition) is 2. The van der Waals surface area contributed by atoms with E-state index < -0.39 is 35.3 Å². The first-order valence-corrected chi connectivity index (χ1v) is 14.1. The number of halogens is 3. The summed E-state index contributed by atoms with van der Waals surface area (Å²) in [5, 5.41) is 18.8. The maximum atomic E-state index is 14.8. The molecule has 1 atom stereocenters. The van der Waals surface area contributed by atoms with Crippen LogP contribution in [0.4, 0.5) is 13.2 Å². The van der Waals surface area contributed by atoms with E-state index in [0.717, 1.165) is 12.8 Å². The number of ether oxygens (including phenoxy) is 4. The van der Waals surface area contributed by atoms with Crippen LogP contribution in [0.3, 0.4) is 0 Å². The largest absolute Gasteiger partial charge is 0.494 e. The molecule has 1 aliphatic carbocycles. The second kappa shape index (κ2) is 9.74. The number of benzene rings is 2. The van der Waals surface area contributed by atoms with Crippen LogP contribution < -0.4 is 24.3 Å². The Labute approximate surface area is 249 Å². The highest BCUT2D eigenvalue weighted by Crippen LogP contribution is 2.48. The molecule has 0 bridgehead atoms. The number of pyridine rings is 1. The number of hydrogen-bond acceptors (Lipinski definition) is 8. The molecule has 230 valence electrons. The van der Waals surface area contributed by atoms with Gasteiger partial charge in [0.15, 0.2) is 11.5 Å². The molecule has 2 aromatic heterocycles. The van der Waals surface area contributed by atoms with Crippen LogP contribution in [0.25, 0.3) is 22.2 Å². The van der Waals surface area contributed by atoms with Crippen LogP contribution in [0.1, 0.15) is 54.3 Å². The SMILES string of the molecule is COc1cc(C(=O)NC[C@](O)(c2cc3c(c(-c4ccc5c(c4)OCO5)n2)OCC3(C)C)C(F)(F)F)cc2cn(C3CC3)nc12. The molecule has 4 heterocycles. The van der Waals surface area contributed by atoms with Crippen molar-refractivity contribution >= 4 is 16.8 Å². The zero-order chi connectivity index (χ0) is 31.0. The van der Waals surface area contributed by atoms with E-state index in [1.807, 2.05) is 13.8 Å². The topological polar surface area (TPSA) is 117 Å². The molecule has 2 aliphatic heterocycles. The number of rotatable bonds is 7. The van der Waals surface area contributed by atoms with Gasteiger partial charge in [-0.1, -0.05) is 13.8 Å². The van der Waals surface area contributed by atoms with Crippen molar-refractivity contribution in [1.82, 2.24) is 20.1 Å². The van der Waals surface area contributed by atoms with E-state index in [2.05, 4.69) is 15.4 Å². The summed E-state index contributed by atoms with van der Waals surface area (Å²) in [6.07, 6.45) is -1.43. The van der Waals surface area contributed by atoms with E-state index in [0.29, 0.717) is 45.0 Å². The fraction of sp³-hybridized carbons (Fsp3) is 0.387. The van der Waals surface area contributed by atoms with Crippen LogP contribution in [-0.2, 0) is 11.0 Å². The van der Waals surface area contributed by atoms with Gasteiger partial charge >= 0.3 is 6.18 Å². The van der Waals surface area contributed by atoms with Gasteiger partial charge in [0.05, 0.1) is 32.0 Å². The van der Waals surface area contributed by atoms with Crippen molar-refractivity contribution in [2.45, 2.75) is 49.9 Å². The van der Waals surface area contributed by atoms with E-state index in [9.17, 15) is 23.1 Å². The first-order valence-electron chi connectivity index (χ1n) is 14.1. The van der Waals surface area contributed by atoms with Crippen molar-refractivity contribution in [1.29, 1.82) is 0 Å². The molecule has 0 spiro atoms. The fourth-order valence-corrected chi connectivity index (χ4v) is 5.54. The molecule has 2 N–H and O–H groups in total. The Hall–Kier alpha value is -4.52. The normalized spacial score (nSPS) is 18.1. The van der Waals surface area contributed by atoms with Gasteiger partial charge in [0.2, 0.25) is 12.4 Å². The van der Waals surface area contributed by atoms with Gasteiger partial charge in [-0.2, -0.15) is 18.3 Å². The summed E-state index contributed by atoms with van der Waals surface area (Å²) < 4.78 is 68.3. The van der Waals surface area contributed by atoms with E-state index in [-0.39, 0.29) is 30.7 Å². The minimum Gasteiger partial charge on any atom is -0.494 e. The van der Waals surface area contributed by atoms with Gasteiger partial charge in [-0.25, -0.2) is 4.98 Å². The summed E-state index contributed by atoms with van der Waals surface area (Å²) in [4.78, 5) is 17.6. The first-order chi connectivity index (χ1) is 20.9. The number of nitrogens with zero attached hydrogens (tertiary/aromatic N) is 3. The molecule has 0 saturated heterocycles. The predicted octanol–water partition coefficient (Wildman–Crippen LogP) is 5.02. The average molecular weight is 611 g/mol. The van der Waals surface area contributed by atoms with Crippen molar-refractivity contribution in [3.63, 3.8) is 0 Å². The van der Waals surface area contributed by atoms with Gasteiger partial charge in [-0.15, -0.1) is 0 Å². The number of carbonyl (C=O) groups excluding carboxylic acids is 1. The van der Waals surface area contributed by atoms with Crippen LogP contribution in [0.2, 0.25) is 0 Å². The van der Waals surface area contributed by atoms with E-state index in [4.69, 9.17) is 18.9 Å². The van der Waals surface area contributed by atoms with Gasteiger partial charge in [0.25, 0.3) is 5.91 Å². The minimum atomic E-state index is -5.20. The summed E-state index contributed by atoms with van der Waals surface area (Å²) in [5.74, 6) is 0.710. The molecule has 3 aliphatic rings. The quantitative estimate of drug-likeness (QED) is 0.300. The number of carbonyl (C=O) groups is 1. The summed E-state index contributed by atoms with van der Waals surface area (Å²) in [5.41, 5.74) is -3.29. The van der Waals surface area contributed by atoms with Crippen molar-refractivity contribution < 1.29 is 42.0 Å². The van der Waals surface area contributed by atoms with Crippen LogP contribution >= 0.6 is 0 Å². The predicted molar refractivity (Wildman–Crippen MR) is 151 cm³/mol. The first kappa shape index (κ1) is 28.3. The number of methoxy groups -OCH3 is 1. The van der Waals surface area contributed by atoms with Gasteiger partial charge in [-0.05, 0) is 49.2 Å². The standard InChI is InChI=1S/C31H29F3N4O6/c1-29(2)14-42-27-20(29)11-24(36-26(27)16-4-7-21-22(9-16)44-15-43-21)30(40,31(32,33)34)13-35-28(39)17-8-18-12-38(19-5-6-19)37-25(18)23(10-17)41-3/h4,7-12,19,40H,5-6,13-15H2,1-3H3,(H,35,39)/t30-/m0/s1. The molecule has 10 nitrogen and oxygen atoms in total. The summed E-state index contributed by atoms with van der Waals surface area (Å²) in [6.45, 7) is 2.69. The number of nitrogens with one attached hydrogen (secondary N) is 1. The Bertz CT molecular complexity index is 1820. The third kappa shape index (κ3) is 4.57. The van der Waals surface area contributed by atoms with Crippen LogP contribution in [0, 0.1) is 0 Å². The minimum absolute atomic E-state index is 0.0169. The molecular weight excluding hydrogens is 581 g/mol. The number of aromatic nitrogens is 3. The lowest BCUT2D eigenvalue weighted by molar-refractivity contribution is -0.265. The zero-order valence-corrected chi connectivity index (χ0v) is 24.1. The Kier molecular flexibility index (Phi) is 6.26. The Balaban J connectivity index is 1.25. The third-order valence-electron chi connectivity index (χ3n) is 8.32. The van der Waals surface area contributed by atoms with Crippen LogP contribution in [0.15, 0.2) is 42.6 Å². The van der Waals surface area contributed by atoms with Crippen molar-refractivity contribution in [2.75, 3.05) is 27.1 Å². The highest BCUT2D eigenvalue weighted by molar-refractivity contribution is 6.00. The average Bonchev–Trinajstić information content (AvgIpc) is 3.44. The second-order valence-corrected chi connectivity index (χ2v) is 12.0. The molecule has 4 aromatic rings. The highest BCUT2D eigenvalue weighted by atomic mass is 19.4. The summed E-state index contributed by atoms with van der Waals surface area (Å²) in [6, 6.07) is 9.32. The van der Waals surface area contributed by atoms with Crippen LogP contribution in [0.5, 0.6) is 23.0 Å². The number of alkyl halides is 3. The number of amides is 1. The van der Waals surface area contributed by atoms with Crippen molar-refractivity contribution in [3.05, 3.63) is 59.4 Å². The van der Waals surface area contributed by atoms with E-state index in [1.165, 1.54) is 25.3 Å². The van der Waals surface area contributed by atoms with Crippen LogP contribution in [-0.4, -0.2) is 59.0 Å². The number of aliphatic hydroxyl groups is 1. The maximum Gasteiger partial charge on any atom is 0.424 e. The molecule has 7 rings (SSSR count). The molecule has 0 unspecified atom stereocenters. The van der Waals surface area contributed by atoms with Gasteiger partial charge in [0, 0.05) is 33.7 Å². The molecular formula is C31H29F3N4O6. The van der Waals surface area contributed by atoms with Gasteiger partial charge in [-0.3, -0.25) is 9.48 Å². The van der Waals surface area contributed by atoms with Crippen molar-refractivity contribution in [2.24, 2.45) is 0 Å². The maximum absolute atomic E-state index is 14.8. The number of fused-ring (bicyclic) bond motifs is 3. The van der Waals surface area contributed by atoms with Gasteiger partial charge in [0.1, 0.15) is 22.7 Å². The van der Waals surface area contributed by atoms with E-state index >= 15 is 0 Å². The smallest absolute Gasteiger partial charge is 0.424 e. The molecule has 44 heavy (non-hydrogen) atoms. The van der Waals surface area contributed by atoms with Gasteiger partial charge < -0.3 is 29.4 Å². The second-order valence-electron chi connectivity index (χ2n) is 12.0. The lowest BCUT2D eigenvalue weighted by atomic mass is 9.84. The molecule has 1 saturated carbocycles. The Morgan fingerprint density at radius 3 is 2.64 bits per heavy atom. The fourth-order valence-electron chi connectivity index (χ4n) is 5.54. The van der Waals surface area contributed by atoms with Crippen molar-refractivity contribution in [3.8, 4) is 34.3 Å². The molecule has 1 fully saturated rings. The molecule has 0 radical (unpaired) electrons. The Morgan fingerprint density at radius 1 is 1.14 bits per heavy atom. The summed E-state index contributed by atoms with van der Waals surface area (Å²) in [7, 11) is 1.43. The monoisotopic (exact) mass is 610 g/mol. The zero-order valence-electron chi connectivity index (χ0n) is 24.1. The molecule has 2 aromatic carbocycles. The lowest BCUT2D eigenvalue weighted by Gasteiger charge is -2.31. The third-order valence-corrected chi connectivity index (χ3v) is 8.32. The summed E-state index contributed by atoms with van der Waals surface area (Å²) >= 11 is 0. The Morgan fingerprint density at radius 2 is 1.91 bits per heavy atom. The van der Waals surface area contributed by atoms with E-state index in [1.54, 1.807) is 29.1 Å². The lowest BCUT2D eigenvalue weighted by Crippen LogP contribution is -2.51. The molecule has 13 heteroatoms. The molecule has 1 amide bonds. The highest BCUT2D eigenvalue weighted by Gasteiger charge is 2.57.